The first-order valence-corrected chi connectivity index (χ1v) is 7.25. The molecule has 3 nitrogen and oxygen atoms in total. The SMILES string of the molecule is CCN(Cc1cccc(N)c1)C(=O)C1CCCC1C. The van der Waals surface area contributed by atoms with E-state index in [1.807, 2.05) is 36.1 Å². The molecule has 104 valence electrons. The summed E-state index contributed by atoms with van der Waals surface area (Å²) in [6.45, 7) is 5.67. The van der Waals surface area contributed by atoms with Crippen LogP contribution < -0.4 is 5.73 Å². The van der Waals surface area contributed by atoms with Crippen LogP contribution in [0.4, 0.5) is 5.69 Å². The van der Waals surface area contributed by atoms with Gasteiger partial charge >= 0.3 is 0 Å². The maximum Gasteiger partial charge on any atom is 0.226 e. The first-order valence-electron chi connectivity index (χ1n) is 7.25. The quantitative estimate of drug-likeness (QED) is 0.846. The molecule has 3 heteroatoms. The normalized spacial score (nSPS) is 22.4. The van der Waals surface area contributed by atoms with E-state index >= 15 is 0 Å². The van der Waals surface area contributed by atoms with E-state index in [4.69, 9.17) is 5.73 Å². The maximum absolute atomic E-state index is 12.6. The average molecular weight is 260 g/mol. The summed E-state index contributed by atoms with van der Waals surface area (Å²) < 4.78 is 0. The van der Waals surface area contributed by atoms with Gasteiger partial charge in [0.1, 0.15) is 0 Å². The number of hydrogen-bond donors (Lipinski definition) is 1. The molecule has 0 bridgehead atoms. The lowest BCUT2D eigenvalue weighted by atomic mass is 9.96. The Balaban J connectivity index is 2.05. The second-order valence-electron chi connectivity index (χ2n) is 5.61. The molecule has 0 radical (unpaired) electrons. The fraction of sp³-hybridized carbons (Fsp3) is 0.562. The third kappa shape index (κ3) is 3.28. The predicted octanol–water partition coefficient (Wildman–Crippen LogP) is 3.05. The van der Waals surface area contributed by atoms with Gasteiger partial charge in [0.05, 0.1) is 0 Å². The molecular weight excluding hydrogens is 236 g/mol. The number of anilines is 1. The molecule has 1 fully saturated rings. The zero-order chi connectivity index (χ0) is 13.8. The topological polar surface area (TPSA) is 46.3 Å². The van der Waals surface area contributed by atoms with Crippen LogP contribution >= 0.6 is 0 Å². The highest BCUT2D eigenvalue weighted by Crippen LogP contribution is 2.32. The van der Waals surface area contributed by atoms with E-state index in [0.29, 0.717) is 18.4 Å². The molecule has 1 aliphatic rings. The Hall–Kier alpha value is -1.51. The Kier molecular flexibility index (Phi) is 4.46. The van der Waals surface area contributed by atoms with Crippen LogP contribution in [0.3, 0.4) is 0 Å². The van der Waals surface area contributed by atoms with Crippen molar-refractivity contribution in [1.29, 1.82) is 0 Å². The Morgan fingerprint density at radius 2 is 2.21 bits per heavy atom. The third-order valence-electron chi connectivity index (χ3n) is 4.20. The second kappa shape index (κ2) is 6.09. The first kappa shape index (κ1) is 13.9. The summed E-state index contributed by atoms with van der Waals surface area (Å²) in [7, 11) is 0. The number of nitrogen functional groups attached to an aromatic ring is 1. The van der Waals surface area contributed by atoms with Crippen LogP contribution in [-0.4, -0.2) is 17.4 Å². The van der Waals surface area contributed by atoms with Crippen LogP contribution in [0.15, 0.2) is 24.3 Å². The average Bonchev–Trinajstić information content (AvgIpc) is 2.81. The smallest absolute Gasteiger partial charge is 0.226 e. The van der Waals surface area contributed by atoms with Gasteiger partial charge in [0, 0.05) is 24.7 Å². The van der Waals surface area contributed by atoms with Crippen LogP contribution in [-0.2, 0) is 11.3 Å². The number of nitrogens with two attached hydrogens (primary N) is 1. The van der Waals surface area contributed by atoms with Crippen LogP contribution in [0.25, 0.3) is 0 Å². The maximum atomic E-state index is 12.6. The van der Waals surface area contributed by atoms with Crippen molar-refractivity contribution in [3.05, 3.63) is 29.8 Å². The predicted molar refractivity (Wildman–Crippen MR) is 78.5 cm³/mol. The van der Waals surface area contributed by atoms with Crippen LogP contribution in [0.1, 0.15) is 38.7 Å². The van der Waals surface area contributed by atoms with Crippen molar-refractivity contribution >= 4 is 11.6 Å². The molecule has 2 unspecified atom stereocenters. The van der Waals surface area contributed by atoms with E-state index in [-0.39, 0.29) is 5.92 Å². The Morgan fingerprint density at radius 1 is 1.42 bits per heavy atom. The van der Waals surface area contributed by atoms with Crippen molar-refractivity contribution in [3.8, 4) is 0 Å². The Bertz CT molecular complexity index is 444. The fourth-order valence-corrected chi connectivity index (χ4v) is 3.00. The van der Waals surface area contributed by atoms with Gasteiger partial charge in [-0.05, 0) is 43.4 Å². The minimum atomic E-state index is 0.223. The molecule has 0 aliphatic heterocycles. The third-order valence-corrected chi connectivity index (χ3v) is 4.20. The molecule has 2 N–H and O–H groups in total. The molecule has 0 heterocycles. The van der Waals surface area contributed by atoms with Gasteiger partial charge in [0.25, 0.3) is 0 Å². The van der Waals surface area contributed by atoms with Crippen molar-refractivity contribution in [2.45, 2.75) is 39.7 Å². The van der Waals surface area contributed by atoms with Crippen LogP contribution in [0, 0.1) is 11.8 Å². The van der Waals surface area contributed by atoms with Crippen molar-refractivity contribution in [2.24, 2.45) is 11.8 Å². The molecular formula is C16H24N2O. The standard InChI is InChI=1S/C16H24N2O/c1-3-18(11-13-7-5-8-14(17)10-13)16(19)15-9-4-6-12(15)2/h5,7-8,10,12,15H,3-4,6,9,11,17H2,1-2H3. The second-order valence-corrected chi connectivity index (χ2v) is 5.61. The summed E-state index contributed by atoms with van der Waals surface area (Å²) in [6, 6.07) is 7.81. The molecule has 19 heavy (non-hydrogen) atoms. The number of amides is 1. The summed E-state index contributed by atoms with van der Waals surface area (Å²) in [4.78, 5) is 14.5. The zero-order valence-electron chi connectivity index (χ0n) is 11.9. The van der Waals surface area contributed by atoms with Gasteiger partial charge in [-0.25, -0.2) is 0 Å². The van der Waals surface area contributed by atoms with E-state index in [0.717, 1.165) is 24.2 Å². The molecule has 1 aromatic carbocycles. The Labute approximate surface area is 115 Å². The molecule has 2 rings (SSSR count). The van der Waals surface area contributed by atoms with Gasteiger partial charge in [0.15, 0.2) is 0 Å². The molecule has 0 aromatic heterocycles. The van der Waals surface area contributed by atoms with E-state index in [2.05, 4.69) is 6.92 Å². The molecule has 1 aromatic rings. The van der Waals surface area contributed by atoms with Gasteiger partial charge in [-0.3, -0.25) is 4.79 Å². The molecule has 1 amide bonds. The van der Waals surface area contributed by atoms with E-state index in [1.54, 1.807) is 0 Å². The fourth-order valence-electron chi connectivity index (χ4n) is 3.00. The number of nitrogens with zero attached hydrogens (tertiary/aromatic N) is 1. The summed E-state index contributed by atoms with van der Waals surface area (Å²) in [6.07, 6.45) is 3.42. The van der Waals surface area contributed by atoms with Gasteiger partial charge in [-0.2, -0.15) is 0 Å². The first-order chi connectivity index (χ1) is 9.11. The lowest BCUT2D eigenvalue weighted by Gasteiger charge is -2.26. The van der Waals surface area contributed by atoms with E-state index < -0.39 is 0 Å². The monoisotopic (exact) mass is 260 g/mol. The van der Waals surface area contributed by atoms with Crippen molar-refractivity contribution in [3.63, 3.8) is 0 Å². The van der Waals surface area contributed by atoms with Crippen molar-refractivity contribution in [1.82, 2.24) is 4.90 Å². The van der Waals surface area contributed by atoms with E-state index in [9.17, 15) is 4.79 Å². The lowest BCUT2D eigenvalue weighted by molar-refractivity contribution is -0.136. The largest absolute Gasteiger partial charge is 0.399 e. The number of carbonyl (C=O) groups excluding carboxylic acids is 1. The number of benzene rings is 1. The number of rotatable bonds is 4. The van der Waals surface area contributed by atoms with Crippen LogP contribution in [0.2, 0.25) is 0 Å². The highest BCUT2D eigenvalue weighted by atomic mass is 16.2. The van der Waals surface area contributed by atoms with Gasteiger partial charge in [-0.1, -0.05) is 25.5 Å². The molecule has 1 aliphatic carbocycles. The van der Waals surface area contributed by atoms with Crippen molar-refractivity contribution < 1.29 is 4.79 Å². The van der Waals surface area contributed by atoms with E-state index in [1.165, 1.54) is 12.8 Å². The molecule has 2 atom stereocenters. The van der Waals surface area contributed by atoms with Crippen LogP contribution in [0.5, 0.6) is 0 Å². The number of hydrogen-bond acceptors (Lipinski definition) is 2. The number of carbonyl (C=O) groups is 1. The highest BCUT2D eigenvalue weighted by molar-refractivity contribution is 5.79. The Morgan fingerprint density at radius 3 is 2.79 bits per heavy atom. The summed E-state index contributed by atoms with van der Waals surface area (Å²) in [5, 5.41) is 0. The van der Waals surface area contributed by atoms with Gasteiger partial charge in [-0.15, -0.1) is 0 Å². The summed E-state index contributed by atoms with van der Waals surface area (Å²) in [5.74, 6) is 1.07. The minimum absolute atomic E-state index is 0.223. The summed E-state index contributed by atoms with van der Waals surface area (Å²) >= 11 is 0. The summed E-state index contributed by atoms with van der Waals surface area (Å²) in [5.41, 5.74) is 7.66. The van der Waals surface area contributed by atoms with Crippen molar-refractivity contribution in [2.75, 3.05) is 12.3 Å². The van der Waals surface area contributed by atoms with Gasteiger partial charge < -0.3 is 10.6 Å². The molecule has 0 spiro atoms. The van der Waals surface area contributed by atoms with Gasteiger partial charge in [0.2, 0.25) is 5.91 Å². The zero-order valence-corrected chi connectivity index (χ0v) is 11.9. The molecule has 1 saturated carbocycles. The minimum Gasteiger partial charge on any atom is -0.399 e. The molecule has 0 saturated heterocycles. The highest BCUT2D eigenvalue weighted by Gasteiger charge is 2.32. The lowest BCUT2D eigenvalue weighted by Crippen LogP contribution is -2.36.